The first-order chi connectivity index (χ1) is 9.47. The minimum absolute atomic E-state index is 0.119. The Kier molecular flexibility index (Phi) is 4.80. The Morgan fingerprint density at radius 2 is 2.25 bits per heavy atom. The second-order valence-electron chi connectivity index (χ2n) is 4.65. The van der Waals surface area contributed by atoms with Gasteiger partial charge in [-0.05, 0) is 31.0 Å². The Bertz CT molecular complexity index is 506. The maximum atomic E-state index is 12.3. The molecular weight excluding hydrogens is 332 g/mol. The first kappa shape index (κ1) is 15.0. The van der Waals surface area contributed by atoms with Crippen molar-refractivity contribution < 1.29 is 13.5 Å². The molecule has 20 heavy (non-hydrogen) atoms. The van der Waals surface area contributed by atoms with Crippen molar-refractivity contribution in [2.75, 3.05) is 7.05 Å². The van der Waals surface area contributed by atoms with Crippen molar-refractivity contribution in [1.29, 1.82) is 0 Å². The van der Waals surface area contributed by atoms with Gasteiger partial charge < -0.3 is 15.4 Å². The van der Waals surface area contributed by atoms with Gasteiger partial charge in [0.05, 0.1) is 6.54 Å². The van der Waals surface area contributed by atoms with E-state index in [0.717, 1.165) is 17.3 Å². The van der Waals surface area contributed by atoms with Crippen LogP contribution < -0.4 is 10.5 Å². The Labute approximate surface area is 124 Å². The van der Waals surface area contributed by atoms with Crippen molar-refractivity contribution in [2.24, 2.45) is 10.7 Å². The lowest BCUT2D eigenvalue weighted by Gasteiger charge is -2.17. The van der Waals surface area contributed by atoms with E-state index in [1.807, 2.05) is 11.9 Å². The molecule has 0 aliphatic heterocycles. The van der Waals surface area contributed by atoms with Crippen LogP contribution in [0.2, 0.25) is 0 Å². The van der Waals surface area contributed by atoms with Gasteiger partial charge in [-0.25, -0.2) is 4.99 Å². The van der Waals surface area contributed by atoms with Crippen LogP contribution in [-0.2, 0) is 6.54 Å². The number of benzene rings is 1. The van der Waals surface area contributed by atoms with E-state index in [9.17, 15) is 8.78 Å². The van der Waals surface area contributed by atoms with E-state index in [2.05, 4.69) is 25.7 Å². The van der Waals surface area contributed by atoms with Crippen molar-refractivity contribution >= 4 is 21.9 Å². The highest BCUT2D eigenvalue weighted by Crippen LogP contribution is 2.27. The molecule has 0 aromatic heterocycles. The van der Waals surface area contributed by atoms with Crippen molar-refractivity contribution in [3.8, 4) is 5.75 Å². The molecule has 4 nitrogen and oxygen atoms in total. The van der Waals surface area contributed by atoms with Gasteiger partial charge in [0.1, 0.15) is 5.75 Å². The van der Waals surface area contributed by atoms with Crippen LogP contribution in [0.1, 0.15) is 18.4 Å². The Hall–Kier alpha value is -1.37. The zero-order chi connectivity index (χ0) is 14.7. The molecule has 1 fully saturated rings. The summed E-state index contributed by atoms with van der Waals surface area (Å²) < 4.78 is 29.9. The number of hydrogen-bond donors (Lipinski definition) is 1. The SMILES string of the molecule is CN(C(N)=NCc1cc(Br)ccc1OC(F)F)C1CC1. The molecule has 2 N–H and O–H groups in total. The zero-order valence-corrected chi connectivity index (χ0v) is 12.6. The third-order valence-corrected chi connectivity index (χ3v) is 3.60. The number of nitrogens with zero attached hydrogens (tertiary/aromatic N) is 2. The summed E-state index contributed by atoms with van der Waals surface area (Å²) in [6.45, 7) is -2.66. The fourth-order valence-corrected chi connectivity index (χ4v) is 2.22. The average molecular weight is 348 g/mol. The predicted octanol–water partition coefficient (Wildman–Crippen LogP) is 2.96. The largest absolute Gasteiger partial charge is 0.434 e. The van der Waals surface area contributed by atoms with Crippen LogP contribution >= 0.6 is 15.9 Å². The minimum Gasteiger partial charge on any atom is -0.434 e. The van der Waals surface area contributed by atoms with Crippen LogP contribution in [0.4, 0.5) is 8.78 Å². The number of halogens is 3. The van der Waals surface area contributed by atoms with Crippen LogP contribution in [0.3, 0.4) is 0 Å². The molecule has 0 spiro atoms. The zero-order valence-electron chi connectivity index (χ0n) is 11.0. The molecule has 2 rings (SSSR count). The van der Waals surface area contributed by atoms with Gasteiger partial charge in [0.25, 0.3) is 0 Å². The standard InChI is InChI=1S/C13H16BrF2N3O/c1-19(10-3-4-10)13(17)18-7-8-6-9(14)2-5-11(8)20-12(15)16/h2,5-6,10,12H,3-4,7H2,1H3,(H2,17,18). The van der Waals surface area contributed by atoms with E-state index >= 15 is 0 Å². The highest BCUT2D eigenvalue weighted by Gasteiger charge is 2.27. The lowest BCUT2D eigenvalue weighted by atomic mass is 10.2. The quantitative estimate of drug-likeness (QED) is 0.658. The summed E-state index contributed by atoms with van der Waals surface area (Å²) in [4.78, 5) is 6.15. The Morgan fingerprint density at radius 3 is 2.85 bits per heavy atom. The molecule has 0 atom stereocenters. The number of hydrogen-bond acceptors (Lipinski definition) is 2. The van der Waals surface area contributed by atoms with Gasteiger partial charge in [-0.15, -0.1) is 0 Å². The molecule has 1 aliphatic rings. The second-order valence-corrected chi connectivity index (χ2v) is 5.56. The number of aliphatic imine (C=N–C) groups is 1. The third-order valence-electron chi connectivity index (χ3n) is 3.11. The van der Waals surface area contributed by atoms with Gasteiger partial charge in [-0.1, -0.05) is 15.9 Å². The summed E-state index contributed by atoms with van der Waals surface area (Å²) in [6.07, 6.45) is 2.23. The molecule has 1 saturated carbocycles. The van der Waals surface area contributed by atoms with E-state index in [1.165, 1.54) is 6.07 Å². The smallest absolute Gasteiger partial charge is 0.387 e. The lowest BCUT2D eigenvalue weighted by molar-refractivity contribution is -0.0504. The van der Waals surface area contributed by atoms with Gasteiger partial charge in [0.2, 0.25) is 0 Å². The summed E-state index contributed by atoms with van der Waals surface area (Å²) in [6, 6.07) is 5.29. The molecule has 0 unspecified atom stereocenters. The summed E-state index contributed by atoms with van der Waals surface area (Å²) in [5, 5.41) is 0. The lowest BCUT2D eigenvalue weighted by Crippen LogP contribution is -2.35. The molecule has 1 aromatic rings. The van der Waals surface area contributed by atoms with Crippen molar-refractivity contribution in [3.63, 3.8) is 0 Å². The van der Waals surface area contributed by atoms with E-state index in [1.54, 1.807) is 12.1 Å². The fourth-order valence-electron chi connectivity index (χ4n) is 1.81. The molecule has 7 heteroatoms. The number of ether oxygens (including phenoxy) is 1. The van der Waals surface area contributed by atoms with Crippen molar-refractivity contribution in [2.45, 2.75) is 32.0 Å². The van der Waals surface area contributed by atoms with Gasteiger partial charge in [0.15, 0.2) is 5.96 Å². The monoisotopic (exact) mass is 347 g/mol. The normalized spacial score (nSPS) is 15.6. The number of guanidine groups is 1. The molecule has 0 bridgehead atoms. The van der Waals surface area contributed by atoms with E-state index < -0.39 is 6.61 Å². The van der Waals surface area contributed by atoms with Crippen LogP contribution in [0.25, 0.3) is 0 Å². The molecular formula is C13H16BrF2N3O. The molecule has 0 saturated heterocycles. The van der Waals surface area contributed by atoms with Gasteiger partial charge >= 0.3 is 6.61 Å². The van der Waals surface area contributed by atoms with Gasteiger partial charge in [-0.3, -0.25) is 0 Å². The van der Waals surface area contributed by atoms with Crippen LogP contribution in [0, 0.1) is 0 Å². The van der Waals surface area contributed by atoms with E-state index in [0.29, 0.717) is 17.6 Å². The van der Waals surface area contributed by atoms with Crippen LogP contribution in [0.15, 0.2) is 27.7 Å². The molecule has 1 aromatic carbocycles. The maximum Gasteiger partial charge on any atom is 0.387 e. The molecule has 0 radical (unpaired) electrons. The summed E-state index contributed by atoms with van der Waals surface area (Å²) in [7, 11) is 1.88. The predicted molar refractivity (Wildman–Crippen MR) is 76.9 cm³/mol. The molecule has 110 valence electrons. The third kappa shape index (κ3) is 4.06. The minimum atomic E-state index is -2.86. The number of alkyl halides is 2. The van der Waals surface area contributed by atoms with Gasteiger partial charge in [-0.2, -0.15) is 8.78 Å². The first-order valence-electron chi connectivity index (χ1n) is 6.23. The topological polar surface area (TPSA) is 50.8 Å². The summed E-state index contributed by atoms with van der Waals surface area (Å²) >= 11 is 3.30. The van der Waals surface area contributed by atoms with Crippen molar-refractivity contribution in [1.82, 2.24) is 4.90 Å². The Morgan fingerprint density at radius 1 is 1.55 bits per heavy atom. The number of rotatable bonds is 5. The van der Waals surface area contributed by atoms with Gasteiger partial charge in [0, 0.05) is 23.1 Å². The molecule has 0 amide bonds. The summed E-state index contributed by atoms with van der Waals surface area (Å²) in [5.74, 6) is 0.532. The Balaban J connectivity index is 2.10. The van der Waals surface area contributed by atoms with Crippen LogP contribution in [0.5, 0.6) is 5.75 Å². The maximum absolute atomic E-state index is 12.3. The highest BCUT2D eigenvalue weighted by molar-refractivity contribution is 9.10. The summed E-state index contributed by atoms with van der Waals surface area (Å²) in [5.41, 5.74) is 6.43. The number of nitrogens with two attached hydrogens (primary N) is 1. The first-order valence-corrected chi connectivity index (χ1v) is 7.02. The van der Waals surface area contributed by atoms with Crippen molar-refractivity contribution in [3.05, 3.63) is 28.2 Å². The highest BCUT2D eigenvalue weighted by atomic mass is 79.9. The second kappa shape index (κ2) is 6.39. The fraction of sp³-hybridized carbons (Fsp3) is 0.462. The van der Waals surface area contributed by atoms with Crippen LogP contribution in [-0.4, -0.2) is 30.6 Å². The van der Waals surface area contributed by atoms with E-state index in [-0.39, 0.29) is 12.3 Å². The van der Waals surface area contributed by atoms with E-state index in [4.69, 9.17) is 5.73 Å². The molecule has 1 aliphatic carbocycles. The average Bonchev–Trinajstić information content (AvgIpc) is 3.21. The molecule has 0 heterocycles.